The number of anilines is 3. The molecule has 232 valence electrons. The second kappa shape index (κ2) is 13.0. The second-order valence-corrected chi connectivity index (χ2v) is 13.8. The topological polar surface area (TPSA) is 151 Å². The molecule has 16 heteroatoms. The predicted molar refractivity (Wildman–Crippen MR) is 169 cm³/mol. The molecule has 0 spiro atoms. The molecule has 14 nitrogen and oxygen atoms in total. The van der Waals surface area contributed by atoms with Gasteiger partial charge in [-0.1, -0.05) is 0 Å². The predicted octanol–water partition coefficient (Wildman–Crippen LogP) is 2.56. The van der Waals surface area contributed by atoms with Gasteiger partial charge in [-0.15, -0.1) is 11.3 Å². The van der Waals surface area contributed by atoms with Gasteiger partial charge in [-0.2, -0.15) is 19.4 Å². The summed E-state index contributed by atoms with van der Waals surface area (Å²) in [6.07, 6.45) is 3.01. The van der Waals surface area contributed by atoms with E-state index < -0.39 is 10.0 Å². The molecule has 2 fully saturated rings. The number of thiophene rings is 1. The lowest BCUT2D eigenvalue weighted by Crippen LogP contribution is -2.47. The first-order chi connectivity index (χ1) is 21.2. The fourth-order valence-corrected chi connectivity index (χ4v) is 6.81. The smallest absolute Gasteiger partial charge is 0.324 e. The third kappa shape index (κ3) is 7.39. The van der Waals surface area contributed by atoms with Crippen molar-refractivity contribution in [2.24, 2.45) is 7.05 Å². The zero-order valence-electron chi connectivity index (χ0n) is 24.5. The number of aryl methyl sites for hydroxylation is 1. The summed E-state index contributed by atoms with van der Waals surface area (Å²) in [6.45, 7) is 5.69. The van der Waals surface area contributed by atoms with E-state index in [4.69, 9.17) is 19.7 Å². The van der Waals surface area contributed by atoms with Gasteiger partial charge in [0.15, 0.2) is 17.5 Å². The van der Waals surface area contributed by atoms with Crippen molar-refractivity contribution in [1.82, 2.24) is 33.9 Å². The first kappa shape index (κ1) is 30.1. The van der Waals surface area contributed by atoms with E-state index in [1.807, 2.05) is 18.2 Å². The van der Waals surface area contributed by atoms with E-state index >= 15 is 0 Å². The Morgan fingerprint density at radius 2 is 1.64 bits per heavy atom. The van der Waals surface area contributed by atoms with Gasteiger partial charge in [0.25, 0.3) is 0 Å². The van der Waals surface area contributed by atoms with Crippen LogP contribution in [0.25, 0.3) is 22.1 Å². The number of hydrogen-bond acceptors (Lipinski definition) is 11. The fraction of sp³-hybridized carbons (Fsp3) is 0.393. The quantitative estimate of drug-likeness (QED) is 0.295. The highest BCUT2D eigenvalue weighted by atomic mass is 32.2. The molecule has 5 heterocycles. The molecule has 4 aromatic rings. The van der Waals surface area contributed by atoms with E-state index in [1.54, 1.807) is 47.5 Å². The summed E-state index contributed by atoms with van der Waals surface area (Å²) in [5.41, 5.74) is 1.41. The van der Waals surface area contributed by atoms with Gasteiger partial charge >= 0.3 is 6.03 Å². The summed E-state index contributed by atoms with van der Waals surface area (Å²) < 4.78 is 32.4. The van der Waals surface area contributed by atoms with Gasteiger partial charge in [0.1, 0.15) is 0 Å². The van der Waals surface area contributed by atoms with E-state index in [9.17, 15) is 13.2 Å². The number of rotatable bonds is 8. The molecule has 0 unspecified atom stereocenters. The van der Waals surface area contributed by atoms with Gasteiger partial charge in [-0.3, -0.25) is 14.9 Å². The Balaban J connectivity index is 1.19. The lowest BCUT2D eigenvalue weighted by molar-refractivity contribution is 0.122. The number of carbonyl (C=O) groups is 1. The number of hydrogen-bond donors (Lipinski definition) is 2. The van der Waals surface area contributed by atoms with E-state index in [1.165, 1.54) is 10.6 Å². The van der Waals surface area contributed by atoms with Crippen LogP contribution < -0.4 is 15.5 Å². The van der Waals surface area contributed by atoms with Crippen molar-refractivity contribution in [1.29, 1.82) is 0 Å². The maximum absolute atomic E-state index is 12.4. The minimum atomic E-state index is -3.16. The highest BCUT2D eigenvalue weighted by Gasteiger charge is 2.24. The Bertz CT molecular complexity index is 1710. The van der Waals surface area contributed by atoms with Gasteiger partial charge < -0.3 is 15.0 Å². The molecule has 2 amide bonds. The number of carbonyl (C=O) groups excluding carboxylic acids is 1. The number of nitrogens with zero attached hydrogens (tertiary/aromatic N) is 8. The molecular formula is C28H34N10O4S2. The normalized spacial score (nSPS) is 16.6. The summed E-state index contributed by atoms with van der Waals surface area (Å²) in [4.78, 5) is 33.4. The average Bonchev–Trinajstić information content (AvgIpc) is 3.66. The summed E-state index contributed by atoms with van der Waals surface area (Å²) in [5.74, 6) is 2.18. The first-order valence-electron chi connectivity index (χ1n) is 14.2. The van der Waals surface area contributed by atoms with Crippen molar-refractivity contribution >= 4 is 44.8 Å². The average molecular weight is 639 g/mol. The first-order valence-corrected chi connectivity index (χ1v) is 16.9. The highest BCUT2D eigenvalue weighted by Crippen LogP contribution is 2.30. The van der Waals surface area contributed by atoms with Crippen LogP contribution in [0.1, 0.15) is 4.88 Å². The number of aromatic nitrogens is 5. The third-order valence-corrected chi connectivity index (χ3v) is 9.70. The molecule has 44 heavy (non-hydrogen) atoms. The molecule has 2 aliphatic rings. The Morgan fingerprint density at radius 3 is 2.32 bits per heavy atom. The van der Waals surface area contributed by atoms with Crippen molar-refractivity contribution in [2.75, 3.05) is 74.3 Å². The molecule has 3 aromatic heterocycles. The molecule has 2 N–H and O–H groups in total. The van der Waals surface area contributed by atoms with Crippen molar-refractivity contribution in [2.45, 2.75) is 6.54 Å². The van der Waals surface area contributed by atoms with Crippen LogP contribution in [-0.2, 0) is 28.4 Å². The summed E-state index contributed by atoms with van der Waals surface area (Å²) in [6, 6.07) is 12.8. The number of amides is 2. The number of sulfonamides is 1. The van der Waals surface area contributed by atoms with Crippen LogP contribution in [0.2, 0.25) is 0 Å². The van der Waals surface area contributed by atoms with Crippen LogP contribution in [-0.4, -0.2) is 107 Å². The van der Waals surface area contributed by atoms with Crippen LogP contribution in [0.5, 0.6) is 0 Å². The van der Waals surface area contributed by atoms with Gasteiger partial charge in [-0.05, 0) is 36.4 Å². The molecule has 2 aliphatic heterocycles. The Hall–Kier alpha value is -3.96. The minimum Gasteiger partial charge on any atom is -0.378 e. The zero-order valence-corrected chi connectivity index (χ0v) is 26.1. The van der Waals surface area contributed by atoms with Crippen molar-refractivity contribution in [3.63, 3.8) is 0 Å². The van der Waals surface area contributed by atoms with Crippen molar-refractivity contribution in [3.8, 4) is 22.1 Å². The second-order valence-electron chi connectivity index (χ2n) is 10.6. The van der Waals surface area contributed by atoms with E-state index in [0.717, 1.165) is 21.9 Å². The molecule has 0 radical (unpaired) electrons. The van der Waals surface area contributed by atoms with Crippen LogP contribution in [0, 0.1) is 0 Å². The van der Waals surface area contributed by atoms with Crippen molar-refractivity contribution in [3.05, 3.63) is 53.5 Å². The van der Waals surface area contributed by atoms with Crippen LogP contribution in [0.4, 0.5) is 22.2 Å². The van der Waals surface area contributed by atoms with Gasteiger partial charge in [0, 0.05) is 81.3 Å². The molecule has 2 saturated heterocycles. The number of piperazine rings is 1. The number of nitrogens with one attached hydrogen (secondary N) is 2. The van der Waals surface area contributed by atoms with Crippen molar-refractivity contribution < 1.29 is 17.9 Å². The Kier molecular flexibility index (Phi) is 8.86. The lowest BCUT2D eigenvalue weighted by atomic mass is 10.2. The Labute approximate surface area is 259 Å². The van der Waals surface area contributed by atoms with E-state index in [2.05, 4.69) is 31.6 Å². The molecular weight excluding hydrogens is 605 g/mol. The van der Waals surface area contributed by atoms with E-state index in [0.29, 0.717) is 81.6 Å². The zero-order chi connectivity index (χ0) is 30.7. The third-order valence-electron chi connectivity index (χ3n) is 7.34. The lowest BCUT2D eigenvalue weighted by Gasteiger charge is -2.32. The molecule has 0 atom stereocenters. The molecule has 6 rings (SSSR count). The monoisotopic (exact) mass is 638 g/mol. The SMILES string of the molecule is Cn1ccc(NC(=O)Nc2ccc(-c3nc(-c4ccc(CN5CCN(S(C)(=O)=O)CC5)s4)nc(N4CCOCC4)n3)cc2)n1. The largest absolute Gasteiger partial charge is 0.378 e. The van der Waals surface area contributed by atoms with Crippen LogP contribution in [0.15, 0.2) is 48.7 Å². The number of morpholine rings is 1. The number of ether oxygens (including phenoxy) is 1. The number of urea groups is 1. The van der Waals surface area contributed by atoms with Gasteiger partial charge in [-0.25, -0.2) is 18.2 Å². The molecule has 0 bridgehead atoms. The highest BCUT2D eigenvalue weighted by molar-refractivity contribution is 7.88. The molecule has 0 saturated carbocycles. The Morgan fingerprint density at radius 1 is 0.909 bits per heavy atom. The standard InChI is InChI=1S/C28H34N10O4S2/c1-35-10-9-24(34-35)30-28(39)29-21-5-3-20(4-6-21)25-31-26(33-27(32-25)37-15-17-42-18-16-37)23-8-7-22(43-23)19-36-11-13-38(14-12-36)44(2,40)41/h3-10H,11-19H2,1-2H3,(H2,29,30,34,39). The fourth-order valence-electron chi connectivity index (χ4n) is 4.99. The van der Waals surface area contributed by atoms with Gasteiger partial charge in [0.05, 0.1) is 24.3 Å². The molecule has 1 aromatic carbocycles. The summed E-state index contributed by atoms with van der Waals surface area (Å²) in [7, 11) is -1.38. The summed E-state index contributed by atoms with van der Waals surface area (Å²) in [5, 5.41) is 9.67. The maximum atomic E-state index is 12.4. The van der Waals surface area contributed by atoms with E-state index in [-0.39, 0.29) is 6.03 Å². The summed E-state index contributed by atoms with van der Waals surface area (Å²) >= 11 is 1.63. The molecule has 0 aliphatic carbocycles. The van der Waals surface area contributed by atoms with Gasteiger partial charge in [0.2, 0.25) is 16.0 Å². The number of benzene rings is 1. The van der Waals surface area contributed by atoms with Crippen LogP contribution in [0.3, 0.4) is 0 Å². The maximum Gasteiger partial charge on any atom is 0.324 e. The minimum absolute atomic E-state index is 0.390. The van der Waals surface area contributed by atoms with Crippen LogP contribution >= 0.6 is 11.3 Å².